The molecular formula is C17H19BrO. The van der Waals surface area contributed by atoms with Crippen molar-refractivity contribution in [3.63, 3.8) is 0 Å². The zero-order chi connectivity index (χ0) is 13.5. The maximum Gasteiger partial charge on any atom is 0.119 e. The van der Waals surface area contributed by atoms with Crippen LogP contribution in [0.5, 0.6) is 5.75 Å². The third-order valence-electron chi connectivity index (χ3n) is 3.10. The predicted octanol–water partition coefficient (Wildman–Crippen LogP) is 5.73. The van der Waals surface area contributed by atoms with E-state index in [1.807, 2.05) is 12.1 Å². The molecule has 0 saturated heterocycles. The molecule has 0 bridgehead atoms. The van der Waals surface area contributed by atoms with Gasteiger partial charge in [-0.1, -0.05) is 34.1 Å². The first kappa shape index (κ1) is 14.1. The average Bonchev–Trinajstić information content (AvgIpc) is 2.43. The zero-order valence-electron chi connectivity index (χ0n) is 11.1. The van der Waals surface area contributed by atoms with Crippen LogP contribution in [0.3, 0.4) is 0 Å². The van der Waals surface area contributed by atoms with Gasteiger partial charge >= 0.3 is 0 Å². The summed E-state index contributed by atoms with van der Waals surface area (Å²) in [7, 11) is 0. The van der Waals surface area contributed by atoms with Crippen LogP contribution in [0.2, 0.25) is 0 Å². The molecule has 0 amide bonds. The SMILES string of the molecule is C=CCCCCCOc1ccc2cc(Br)ccc2c1. The summed E-state index contributed by atoms with van der Waals surface area (Å²) in [6.45, 7) is 4.52. The van der Waals surface area contributed by atoms with Crippen LogP contribution in [-0.2, 0) is 0 Å². The van der Waals surface area contributed by atoms with Crippen LogP contribution in [0, 0.1) is 0 Å². The summed E-state index contributed by atoms with van der Waals surface area (Å²) >= 11 is 3.48. The van der Waals surface area contributed by atoms with Gasteiger partial charge in [-0.25, -0.2) is 0 Å². The van der Waals surface area contributed by atoms with Crippen molar-refractivity contribution in [2.45, 2.75) is 25.7 Å². The van der Waals surface area contributed by atoms with Gasteiger partial charge < -0.3 is 4.74 Å². The maximum atomic E-state index is 5.79. The molecule has 100 valence electrons. The van der Waals surface area contributed by atoms with Crippen LogP contribution in [0.15, 0.2) is 53.5 Å². The molecule has 2 rings (SSSR count). The number of allylic oxidation sites excluding steroid dienone is 1. The largest absolute Gasteiger partial charge is 0.494 e. The molecule has 0 aliphatic heterocycles. The van der Waals surface area contributed by atoms with Gasteiger partial charge in [0.2, 0.25) is 0 Å². The van der Waals surface area contributed by atoms with Crippen molar-refractivity contribution in [1.29, 1.82) is 0 Å². The summed E-state index contributed by atoms with van der Waals surface area (Å²) in [5, 5.41) is 2.44. The molecule has 1 nitrogen and oxygen atoms in total. The molecular weight excluding hydrogens is 300 g/mol. The van der Waals surface area contributed by atoms with Crippen LogP contribution in [0.25, 0.3) is 10.8 Å². The number of rotatable bonds is 7. The number of ether oxygens (including phenoxy) is 1. The Morgan fingerprint density at radius 2 is 1.79 bits per heavy atom. The lowest BCUT2D eigenvalue weighted by Gasteiger charge is -2.07. The van der Waals surface area contributed by atoms with Gasteiger partial charge in [0.25, 0.3) is 0 Å². The van der Waals surface area contributed by atoms with Crippen molar-refractivity contribution in [3.05, 3.63) is 53.5 Å². The number of benzene rings is 2. The minimum absolute atomic E-state index is 0.791. The van der Waals surface area contributed by atoms with E-state index in [1.54, 1.807) is 0 Å². The van der Waals surface area contributed by atoms with Crippen LogP contribution in [0.4, 0.5) is 0 Å². The highest BCUT2D eigenvalue weighted by Crippen LogP contribution is 2.24. The Morgan fingerprint density at radius 1 is 1.00 bits per heavy atom. The van der Waals surface area contributed by atoms with Gasteiger partial charge in [-0.05, 0) is 60.7 Å². The topological polar surface area (TPSA) is 9.23 Å². The number of unbranched alkanes of at least 4 members (excludes halogenated alkanes) is 3. The molecule has 2 aromatic carbocycles. The molecule has 0 radical (unpaired) electrons. The van der Waals surface area contributed by atoms with Crippen LogP contribution < -0.4 is 4.74 Å². The molecule has 0 aromatic heterocycles. The highest BCUT2D eigenvalue weighted by Gasteiger charge is 1.98. The third kappa shape index (κ3) is 4.39. The Kier molecular flexibility index (Phi) is 5.46. The van der Waals surface area contributed by atoms with Crippen LogP contribution >= 0.6 is 15.9 Å². The van der Waals surface area contributed by atoms with Crippen molar-refractivity contribution in [2.24, 2.45) is 0 Å². The van der Waals surface area contributed by atoms with Gasteiger partial charge in [-0.2, -0.15) is 0 Å². The summed E-state index contributed by atoms with van der Waals surface area (Å²) in [6.07, 6.45) is 6.59. The van der Waals surface area contributed by atoms with Crippen molar-refractivity contribution >= 4 is 26.7 Å². The quantitative estimate of drug-likeness (QED) is 0.468. The van der Waals surface area contributed by atoms with E-state index in [2.05, 4.69) is 52.8 Å². The second kappa shape index (κ2) is 7.34. The lowest BCUT2D eigenvalue weighted by molar-refractivity contribution is 0.306. The van der Waals surface area contributed by atoms with E-state index in [4.69, 9.17) is 4.74 Å². The Hall–Kier alpha value is -1.28. The first-order valence-electron chi connectivity index (χ1n) is 6.72. The van der Waals surface area contributed by atoms with Crippen molar-refractivity contribution < 1.29 is 4.74 Å². The third-order valence-corrected chi connectivity index (χ3v) is 3.59. The van der Waals surface area contributed by atoms with E-state index in [1.165, 1.54) is 23.6 Å². The summed E-state index contributed by atoms with van der Waals surface area (Å²) in [6, 6.07) is 12.5. The van der Waals surface area contributed by atoms with Crippen LogP contribution in [0.1, 0.15) is 25.7 Å². The lowest BCUT2D eigenvalue weighted by atomic mass is 10.1. The first-order chi connectivity index (χ1) is 9.29. The fourth-order valence-corrected chi connectivity index (χ4v) is 2.42. The van der Waals surface area contributed by atoms with E-state index in [0.29, 0.717) is 0 Å². The number of fused-ring (bicyclic) bond motifs is 1. The Morgan fingerprint density at radius 3 is 2.63 bits per heavy atom. The molecule has 0 spiro atoms. The lowest BCUT2D eigenvalue weighted by Crippen LogP contribution is -1.97. The van der Waals surface area contributed by atoms with Crippen molar-refractivity contribution in [2.75, 3.05) is 6.61 Å². The summed E-state index contributed by atoms with van der Waals surface area (Å²) in [4.78, 5) is 0. The predicted molar refractivity (Wildman–Crippen MR) is 85.8 cm³/mol. The van der Waals surface area contributed by atoms with Crippen molar-refractivity contribution in [1.82, 2.24) is 0 Å². The smallest absolute Gasteiger partial charge is 0.119 e. The molecule has 0 aliphatic rings. The van der Waals surface area contributed by atoms with Crippen LogP contribution in [-0.4, -0.2) is 6.61 Å². The molecule has 0 N–H and O–H groups in total. The number of halogens is 1. The normalized spacial score (nSPS) is 10.6. The monoisotopic (exact) mass is 318 g/mol. The summed E-state index contributed by atoms with van der Waals surface area (Å²) in [5.41, 5.74) is 0. The van der Waals surface area contributed by atoms with E-state index in [9.17, 15) is 0 Å². The number of hydrogen-bond donors (Lipinski definition) is 0. The van der Waals surface area contributed by atoms with E-state index in [0.717, 1.165) is 29.7 Å². The Bertz CT molecular complexity index is 548. The Balaban J connectivity index is 1.87. The number of hydrogen-bond acceptors (Lipinski definition) is 1. The van der Waals surface area contributed by atoms with Gasteiger partial charge in [-0.15, -0.1) is 6.58 Å². The zero-order valence-corrected chi connectivity index (χ0v) is 12.7. The second-order valence-electron chi connectivity index (χ2n) is 4.64. The standard InChI is InChI=1S/C17H19BrO/c1-2-3-4-5-6-11-19-17-10-8-14-12-16(18)9-7-15(14)13-17/h2,7-10,12-13H,1,3-6,11H2. The van der Waals surface area contributed by atoms with Gasteiger partial charge in [0.15, 0.2) is 0 Å². The highest BCUT2D eigenvalue weighted by atomic mass is 79.9. The molecule has 0 atom stereocenters. The molecule has 0 fully saturated rings. The fraction of sp³-hybridized carbons (Fsp3) is 0.294. The molecule has 19 heavy (non-hydrogen) atoms. The summed E-state index contributed by atoms with van der Waals surface area (Å²) < 4.78 is 6.89. The van der Waals surface area contributed by atoms with Crippen molar-refractivity contribution in [3.8, 4) is 5.75 Å². The van der Waals surface area contributed by atoms with E-state index in [-0.39, 0.29) is 0 Å². The average molecular weight is 319 g/mol. The molecule has 2 heteroatoms. The maximum absolute atomic E-state index is 5.79. The molecule has 2 aromatic rings. The Labute approximate surface area is 123 Å². The molecule has 0 saturated carbocycles. The fourth-order valence-electron chi connectivity index (χ4n) is 2.04. The first-order valence-corrected chi connectivity index (χ1v) is 7.52. The minimum Gasteiger partial charge on any atom is -0.494 e. The molecule has 0 unspecified atom stereocenters. The summed E-state index contributed by atoms with van der Waals surface area (Å²) in [5.74, 6) is 0.957. The van der Waals surface area contributed by atoms with Gasteiger partial charge in [0.05, 0.1) is 6.61 Å². The van der Waals surface area contributed by atoms with E-state index >= 15 is 0 Å². The molecule has 0 aliphatic carbocycles. The van der Waals surface area contributed by atoms with Gasteiger partial charge in [0, 0.05) is 4.47 Å². The second-order valence-corrected chi connectivity index (χ2v) is 5.56. The van der Waals surface area contributed by atoms with E-state index < -0.39 is 0 Å². The highest BCUT2D eigenvalue weighted by molar-refractivity contribution is 9.10. The van der Waals surface area contributed by atoms with Gasteiger partial charge in [0.1, 0.15) is 5.75 Å². The minimum atomic E-state index is 0.791. The molecule has 0 heterocycles. The van der Waals surface area contributed by atoms with Gasteiger partial charge in [-0.3, -0.25) is 0 Å².